The second kappa shape index (κ2) is 5.95. The Balaban J connectivity index is 2.20. The van der Waals surface area contributed by atoms with Crippen molar-refractivity contribution >= 4 is 27.9 Å². The molecule has 1 aromatic rings. The Labute approximate surface area is 116 Å². The summed E-state index contributed by atoms with van der Waals surface area (Å²) in [5.74, 6) is 1.14. The van der Waals surface area contributed by atoms with E-state index in [1.54, 1.807) is 0 Å². The lowest BCUT2D eigenvalue weighted by Gasteiger charge is -2.23. The van der Waals surface area contributed by atoms with Crippen LogP contribution in [0.5, 0.6) is 0 Å². The molecule has 0 unspecified atom stereocenters. The summed E-state index contributed by atoms with van der Waals surface area (Å²) in [6.07, 6.45) is 1.33. The molecule has 0 atom stereocenters. The smallest absolute Gasteiger partial charge is 0.299 e. The first-order valence-corrected chi connectivity index (χ1v) is 7.50. The zero-order chi connectivity index (χ0) is 14.7. The van der Waals surface area contributed by atoms with Gasteiger partial charge in [0.25, 0.3) is 11.4 Å². The molecule has 108 valence electrons. The van der Waals surface area contributed by atoms with Gasteiger partial charge in [-0.2, -0.15) is 0 Å². The molecule has 0 spiro atoms. The normalized spacial score (nSPS) is 22.2. The van der Waals surface area contributed by atoms with E-state index in [2.05, 4.69) is 5.32 Å². The van der Waals surface area contributed by atoms with Crippen LogP contribution in [0.1, 0.15) is 12.8 Å². The molecule has 0 aromatic heterocycles. The summed E-state index contributed by atoms with van der Waals surface area (Å²) < 4.78 is 11.3. The van der Waals surface area contributed by atoms with Crippen molar-refractivity contribution in [1.29, 1.82) is 0 Å². The van der Waals surface area contributed by atoms with Gasteiger partial charge in [-0.3, -0.25) is 24.4 Å². The number of non-ortho nitro benzene ring substituents is 1. The molecule has 1 saturated heterocycles. The molecule has 1 fully saturated rings. The fourth-order valence-electron chi connectivity index (χ4n) is 2.06. The summed E-state index contributed by atoms with van der Waals surface area (Å²) >= 11 is 0. The summed E-state index contributed by atoms with van der Waals surface area (Å²) in [5.41, 5.74) is -0.365. The molecule has 0 radical (unpaired) electrons. The van der Waals surface area contributed by atoms with Gasteiger partial charge in [-0.05, 0) is 18.9 Å². The molecule has 9 heteroatoms. The third-order valence-electron chi connectivity index (χ3n) is 3.14. The topological polar surface area (TPSA) is 115 Å². The molecule has 0 saturated carbocycles. The maximum atomic E-state index is 11.3. The molecule has 2 rings (SSSR count). The molecule has 1 aliphatic heterocycles. The molecule has 1 aromatic carbocycles. The highest BCUT2D eigenvalue weighted by Gasteiger charge is 2.23. The van der Waals surface area contributed by atoms with Crippen LogP contribution in [-0.4, -0.2) is 31.6 Å². The molecular weight excluding hydrogens is 286 g/mol. The summed E-state index contributed by atoms with van der Waals surface area (Å²) in [5, 5.41) is 24.6. The first kappa shape index (κ1) is 14.4. The van der Waals surface area contributed by atoms with Gasteiger partial charge in [-0.1, -0.05) is 0 Å². The van der Waals surface area contributed by atoms with Gasteiger partial charge < -0.3 is 5.32 Å². The SMILES string of the molecule is O=[N+]([O-])c1ccc(NC2CCS(=O)CC2)c([N+](=O)[O-])c1. The quantitative estimate of drug-likeness (QED) is 0.669. The number of hydrogen-bond donors (Lipinski definition) is 1. The largest absolute Gasteiger partial charge is 0.377 e. The predicted molar refractivity (Wildman–Crippen MR) is 74.3 cm³/mol. The zero-order valence-electron chi connectivity index (χ0n) is 10.5. The fourth-order valence-corrected chi connectivity index (χ4v) is 3.36. The van der Waals surface area contributed by atoms with Gasteiger partial charge in [0.2, 0.25) is 0 Å². The number of rotatable bonds is 4. The molecule has 8 nitrogen and oxygen atoms in total. The minimum absolute atomic E-state index is 0.00727. The second-order valence-electron chi connectivity index (χ2n) is 4.48. The van der Waals surface area contributed by atoms with Crippen LogP contribution in [0.15, 0.2) is 18.2 Å². The second-order valence-corrected chi connectivity index (χ2v) is 6.18. The first-order valence-electron chi connectivity index (χ1n) is 6.01. The number of hydrogen-bond acceptors (Lipinski definition) is 6. The summed E-state index contributed by atoms with van der Waals surface area (Å²) in [6.45, 7) is 0. The van der Waals surface area contributed by atoms with E-state index in [0.717, 1.165) is 6.07 Å². The van der Waals surface area contributed by atoms with Gasteiger partial charge in [-0.15, -0.1) is 0 Å². The van der Waals surface area contributed by atoms with Crippen LogP contribution < -0.4 is 5.32 Å². The summed E-state index contributed by atoms with van der Waals surface area (Å²) in [6, 6.07) is 3.54. The van der Waals surface area contributed by atoms with Crippen LogP contribution in [0.3, 0.4) is 0 Å². The van der Waals surface area contributed by atoms with Crippen molar-refractivity contribution in [3.8, 4) is 0 Å². The number of nitro benzene ring substituents is 2. The maximum Gasteiger partial charge on any atom is 0.299 e. The molecule has 0 amide bonds. The van der Waals surface area contributed by atoms with Crippen molar-refractivity contribution in [3.05, 3.63) is 38.4 Å². The van der Waals surface area contributed by atoms with Gasteiger partial charge in [-0.25, -0.2) is 0 Å². The lowest BCUT2D eigenvalue weighted by atomic mass is 10.1. The number of nitro groups is 2. The predicted octanol–water partition coefficient (Wildman–Crippen LogP) is 1.83. The van der Waals surface area contributed by atoms with Crippen molar-refractivity contribution in [1.82, 2.24) is 0 Å². The van der Waals surface area contributed by atoms with E-state index in [1.165, 1.54) is 12.1 Å². The van der Waals surface area contributed by atoms with Crippen molar-refractivity contribution in [2.24, 2.45) is 0 Å². The molecular formula is C11H13N3O5S. The summed E-state index contributed by atoms with van der Waals surface area (Å²) in [7, 11) is -0.806. The minimum atomic E-state index is -0.806. The van der Waals surface area contributed by atoms with Gasteiger partial charge in [0.1, 0.15) is 5.69 Å². The van der Waals surface area contributed by atoms with Crippen molar-refractivity contribution in [2.45, 2.75) is 18.9 Å². The third kappa shape index (κ3) is 3.29. The van der Waals surface area contributed by atoms with Crippen LogP contribution in [-0.2, 0) is 10.8 Å². The monoisotopic (exact) mass is 299 g/mol. The first-order chi connectivity index (χ1) is 9.47. The van der Waals surface area contributed by atoms with E-state index < -0.39 is 20.6 Å². The Kier molecular flexibility index (Phi) is 4.28. The van der Waals surface area contributed by atoms with Gasteiger partial charge in [0.15, 0.2) is 0 Å². The van der Waals surface area contributed by atoms with E-state index in [-0.39, 0.29) is 23.1 Å². The Hall–Kier alpha value is -2.03. The van der Waals surface area contributed by atoms with E-state index in [4.69, 9.17) is 0 Å². The van der Waals surface area contributed by atoms with Crippen LogP contribution in [0.2, 0.25) is 0 Å². The highest BCUT2D eigenvalue weighted by molar-refractivity contribution is 7.85. The zero-order valence-corrected chi connectivity index (χ0v) is 11.3. The molecule has 0 bridgehead atoms. The highest BCUT2D eigenvalue weighted by atomic mass is 32.2. The lowest BCUT2D eigenvalue weighted by molar-refractivity contribution is -0.393. The van der Waals surface area contributed by atoms with E-state index in [1.807, 2.05) is 0 Å². The molecule has 20 heavy (non-hydrogen) atoms. The lowest BCUT2D eigenvalue weighted by Crippen LogP contribution is -2.29. The van der Waals surface area contributed by atoms with Crippen molar-refractivity contribution in [2.75, 3.05) is 16.8 Å². The van der Waals surface area contributed by atoms with Gasteiger partial charge in [0, 0.05) is 34.4 Å². The van der Waals surface area contributed by atoms with Gasteiger partial charge in [0.05, 0.1) is 15.9 Å². The van der Waals surface area contributed by atoms with Crippen molar-refractivity contribution < 1.29 is 14.1 Å². The molecule has 1 N–H and O–H groups in total. The Morgan fingerprint density at radius 2 is 1.80 bits per heavy atom. The van der Waals surface area contributed by atoms with Gasteiger partial charge >= 0.3 is 0 Å². The van der Waals surface area contributed by atoms with E-state index in [9.17, 15) is 24.4 Å². The highest BCUT2D eigenvalue weighted by Crippen LogP contribution is 2.30. The van der Waals surface area contributed by atoms with E-state index in [0.29, 0.717) is 24.3 Å². The minimum Gasteiger partial charge on any atom is -0.377 e. The van der Waals surface area contributed by atoms with Crippen molar-refractivity contribution in [3.63, 3.8) is 0 Å². The maximum absolute atomic E-state index is 11.3. The molecule has 1 heterocycles. The Morgan fingerprint density at radius 1 is 1.15 bits per heavy atom. The summed E-state index contributed by atoms with van der Waals surface area (Å²) in [4.78, 5) is 20.3. The number of nitrogens with one attached hydrogen (secondary N) is 1. The number of nitrogens with zero attached hydrogens (tertiary/aromatic N) is 2. The van der Waals surface area contributed by atoms with E-state index >= 15 is 0 Å². The molecule has 1 aliphatic rings. The molecule has 0 aliphatic carbocycles. The number of anilines is 1. The average molecular weight is 299 g/mol. The van der Waals surface area contributed by atoms with Crippen LogP contribution in [0.4, 0.5) is 17.1 Å². The van der Waals surface area contributed by atoms with Crippen LogP contribution in [0, 0.1) is 20.2 Å². The average Bonchev–Trinajstić information content (AvgIpc) is 2.41. The number of benzene rings is 1. The Morgan fingerprint density at radius 3 is 2.35 bits per heavy atom. The van der Waals surface area contributed by atoms with Crippen LogP contribution in [0.25, 0.3) is 0 Å². The van der Waals surface area contributed by atoms with Crippen LogP contribution >= 0.6 is 0 Å². The standard InChI is InChI=1S/C11H13N3O5S/c15-13(16)9-1-2-10(11(7-9)14(17)18)12-8-3-5-20(19)6-4-8/h1-2,7-8,12H,3-6H2. The fraction of sp³-hybridized carbons (Fsp3) is 0.455. The third-order valence-corrected chi connectivity index (χ3v) is 4.52. The Bertz CT molecular complexity index is 567.